The Labute approximate surface area is 116 Å². The van der Waals surface area contributed by atoms with Crippen LogP contribution in [0.5, 0.6) is 0 Å². The SMILES string of the molecule is C=CCCCC(CSc1cccc(C)c1)NCC. The highest BCUT2D eigenvalue weighted by molar-refractivity contribution is 7.99. The highest BCUT2D eigenvalue weighted by Gasteiger charge is 2.07. The molecule has 0 aromatic heterocycles. The average Bonchev–Trinajstić information content (AvgIpc) is 2.36. The van der Waals surface area contributed by atoms with Crippen LogP contribution in [0, 0.1) is 6.92 Å². The van der Waals surface area contributed by atoms with Crippen LogP contribution in [-0.4, -0.2) is 18.3 Å². The van der Waals surface area contributed by atoms with Crippen LogP contribution < -0.4 is 5.32 Å². The van der Waals surface area contributed by atoms with Gasteiger partial charge in [0.05, 0.1) is 0 Å². The molecule has 0 aliphatic carbocycles. The van der Waals surface area contributed by atoms with Crippen molar-refractivity contribution in [1.29, 1.82) is 0 Å². The van der Waals surface area contributed by atoms with Gasteiger partial charge in [-0.2, -0.15) is 0 Å². The largest absolute Gasteiger partial charge is 0.313 e. The molecular weight excluding hydrogens is 238 g/mol. The minimum Gasteiger partial charge on any atom is -0.313 e. The highest BCUT2D eigenvalue weighted by atomic mass is 32.2. The van der Waals surface area contributed by atoms with E-state index in [1.165, 1.54) is 23.3 Å². The van der Waals surface area contributed by atoms with Gasteiger partial charge in [0.15, 0.2) is 0 Å². The van der Waals surface area contributed by atoms with Crippen molar-refractivity contribution in [3.05, 3.63) is 42.5 Å². The van der Waals surface area contributed by atoms with Crippen molar-refractivity contribution in [2.24, 2.45) is 0 Å². The van der Waals surface area contributed by atoms with Gasteiger partial charge in [-0.05, 0) is 44.9 Å². The number of rotatable bonds is 9. The number of hydrogen-bond acceptors (Lipinski definition) is 2. The van der Waals surface area contributed by atoms with E-state index in [0.717, 1.165) is 18.7 Å². The topological polar surface area (TPSA) is 12.0 Å². The summed E-state index contributed by atoms with van der Waals surface area (Å²) in [6, 6.07) is 9.36. The Morgan fingerprint density at radius 2 is 2.28 bits per heavy atom. The van der Waals surface area contributed by atoms with Crippen LogP contribution in [0.3, 0.4) is 0 Å². The second kappa shape index (κ2) is 9.23. The Morgan fingerprint density at radius 3 is 2.94 bits per heavy atom. The molecule has 1 nitrogen and oxygen atoms in total. The Bertz CT molecular complexity index is 349. The molecule has 18 heavy (non-hydrogen) atoms. The first-order valence-corrected chi connectivity index (χ1v) is 7.78. The van der Waals surface area contributed by atoms with E-state index in [-0.39, 0.29) is 0 Å². The molecular formula is C16H25NS. The number of aryl methyl sites for hydroxylation is 1. The zero-order valence-corrected chi connectivity index (χ0v) is 12.4. The first kappa shape index (κ1) is 15.3. The first-order chi connectivity index (χ1) is 8.76. The maximum Gasteiger partial charge on any atom is 0.0161 e. The fourth-order valence-electron chi connectivity index (χ4n) is 1.94. The number of nitrogens with one attached hydrogen (secondary N) is 1. The van der Waals surface area contributed by atoms with E-state index in [4.69, 9.17) is 0 Å². The molecule has 1 aromatic rings. The molecule has 0 heterocycles. The molecule has 0 saturated heterocycles. The summed E-state index contributed by atoms with van der Waals surface area (Å²) in [5, 5.41) is 3.57. The molecule has 1 aromatic carbocycles. The number of thioether (sulfide) groups is 1. The van der Waals surface area contributed by atoms with E-state index in [0.29, 0.717) is 6.04 Å². The second-order valence-electron chi connectivity index (χ2n) is 4.60. The Kier molecular flexibility index (Phi) is 7.86. The van der Waals surface area contributed by atoms with E-state index >= 15 is 0 Å². The summed E-state index contributed by atoms with van der Waals surface area (Å²) < 4.78 is 0. The molecule has 0 spiro atoms. The van der Waals surface area contributed by atoms with Gasteiger partial charge in [-0.15, -0.1) is 18.3 Å². The second-order valence-corrected chi connectivity index (χ2v) is 5.70. The summed E-state index contributed by atoms with van der Waals surface area (Å²) in [6.07, 6.45) is 5.60. The Morgan fingerprint density at radius 1 is 1.44 bits per heavy atom. The molecule has 0 bridgehead atoms. The third kappa shape index (κ3) is 6.27. The average molecular weight is 263 g/mol. The molecule has 2 heteroatoms. The quantitative estimate of drug-likeness (QED) is 0.402. The zero-order valence-electron chi connectivity index (χ0n) is 11.6. The molecule has 1 rings (SSSR count). The summed E-state index contributed by atoms with van der Waals surface area (Å²) in [4.78, 5) is 1.38. The van der Waals surface area contributed by atoms with Crippen molar-refractivity contribution in [2.45, 2.75) is 44.0 Å². The number of hydrogen-bond donors (Lipinski definition) is 1. The first-order valence-electron chi connectivity index (χ1n) is 6.80. The van der Waals surface area contributed by atoms with Crippen LogP contribution in [0.15, 0.2) is 41.8 Å². The number of allylic oxidation sites excluding steroid dienone is 1. The molecule has 0 aliphatic heterocycles. The van der Waals surface area contributed by atoms with Crippen molar-refractivity contribution in [3.63, 3.8) is 0 Å². The van der Waals surface area contributed by atoms with Crippen molar-refractivity contribution >= 4 is 11.8 Å². The lowest BCUT2D eigenvalue weighted by Gasteiger charge is -2.17. The highest BCUT2D eigenvalue weighted by Crippen LogP contribution is 2.21. The van der Waals surface area contributed by atoms with Crippen LogP contribution in [0.1, 0.15) is 31.7 Å². The van der Waals surface area contributed by atoms with Crippen molar-refractivity contribution in [2.75, 3.05) is 12.3 Å². The van der Waals surface area contributed by atoms with Crippen molar-refractivity contribution < 1.29 is 0 Å². The fraction of sp³-hybridized carbons (Fsp3) is 0.500. The lowest BCUT2D eigenvalue weighted by molar-refractivity contribution is 0.521. The smallest absolute Gasteiger partial charge is 0.0161 e. The Balaban J connectivity index is 2.38. The summed E-state index contributed by atoms with van der Waals surface area (Å²) >= 11 is 1.95. The van der Waals surface area contributed by atoms with Gasteiger partial charge in [0.25, 0.3) is 0 Å². The van der Waals surface area contributed by atoms with Crippen LogP contribution in [0.25, 0.3) is 0 Å². The maximum absolute atomic E-state index is 3.78. The third-order valence-electron chi connectivity index (χ3n) is 2.89. The molecule has 1 unspecified atom stereocenters. The minimum absolute atomic E-state index is 0.612. The summed E-state index contributed by atoms with van der Waals surface area (Å²) in [6.45, 7) is 9.16. The van der Waals surface area contributed by atoms with E-state index in [1.807, 2.05) is 17.8 Å². The van der Waals surface area contributed by atoms with E-state index < -0.39 is 0 Å². The van der Waals surface area contributed by atoms with Crippen LogP contribution >= 0.6 is 11.8 Å². The maximum atomic E-state index is 3.78. The van der Waals surface area contributed by atoms with Gasteiger partial charge in [0.1, 0.15) is 0 Å². The molecule has 0 amide bonds. The van der Waals surface area contributed by atoms with Gasteiger partial charge in [0.2, 0.25) is 0 Å². The van der Waals surface area contributed by atoms with E-state index in [2.05, 4.69) is 50.0 Å². The summed E-state index contributed by atoms with van der Waals surface area (Å²) in [5.74, 6) is 1.15. The molecule has 100 valence electrons. The normalized spacial score (nSPS) is 12.3. The predicted molar refractivity (Wildman–Crippen MR) is 83.4 cm³/mol. The molecule has 1 N–H and O–H groups in total. The molecule has 0 radical (unpaired) electrons. The van der Waals surface area contributed by atoms with E-state index in [1.54, 1.807) is 0 Å². The van der Waals surface area contributed by atoms with E-state index in [9.17, 15) is 0 Å². The van der Waals surface area contributed by atoms with Crippen LogP contribution in [-0.2, 0) is 0 Å². The van der Waals surface area contributed by atoms with Crippen LogP contribution in [0.2, 0.25) is 0 Å². The molecule has 0 fully saturated rings. The van der Waals surface area contributed by atoms with Gasteiger partial charge in [0, 0.05) is 16.7 Å². The van der Waals surface area contributed by atoms with Crippen molar-refractivity contribution in [1.82, 2.24) is 5.32 Å². The van der Waals surface area contributed by atoms with Crippen molar-refractivity contribution in [3.8, 4) is 0 Å². The molecule has 0 aliphatic rings. The lowest BCUT2D eigenvalue weighted by atomic mass is 10.1. The predicted octanol–water partition coefficient (Wildman–Crippen LogP) is 4.42. The molecule has 1 atom stereocenters. The van der Waals surface area contributed by atoms with Gasteiger partial charge in [-0.3, -0.25) is 0 Å². The van der Waals surface area contributed by atoms with Gasteiger partial charge in [-0.25, -0.2) is 0 Å². The fourth-order valence-corrected chi connectivity index (χ4v) is 3.07. The number of unbranched alkanes of at least 4 members (excludes halogenated alkanes) is 1. The standard InChI is InChI=1S/C16H25NS/c1-4-6-7-10-15(17-5-2)13-18-16-11-8-9-14(3)12-16/h4,8-9,11-12,15,17H,1,5-7,10,13H2,2-3H3. The van der Waals surface area contributed by atoms with Gasteiger partial charge >= 0.3 is 0 Å². The third-order valence-corrected chi connectivity index (χ3v) is 4.05. The zero-order chi connectivity index (χ0) is 13.2. The van der Waals surface area contributed by atoms with Crippen LogP contribution in [0.4, 0.5) is 0 Å². The summed E-state index contributed by atoms with van der Waals surface area (Å²) in [7, 11) is 0. The van der Waals surface area contributed by atoms with Gasteiger partial charge < -0.3 is 5.32 Å². The Hall–Kier alpha value is -0.730. The van der Waals surface area contributed by atoms with Gasteiger partial charge in [-0.1, -0.05) is 30.7 Å². The minimum atomic E-state index is 0.612. The molecule has 0 saturated carbocycles. The lowest BCUT2D eigenvalue weighted by Crippen LogP contribution is -2.31. The number of benzene rings is 1. The monoisotopic (exact) mass is 263 g/mol. The summed E-state index contributed by atoms with van der Waals surface area (Å²) in [5.41, 5.74) is 1.34.